The Kier molecular flexibility index (Phi) is 5.17. The van der Waals surface area contributed by atoms with E-state index in [1.807, 2.05) is 0 Å². The van der Waals surface area contributed by atoms with Crippen molar-refractivity contribution in [1.29, 1.82) is 0 Å². The van der Waals surface area contributed by atoms with Crippen LogP contribution in [0.15, 0.2) is 54.9 Å². The summed E-state index contributed by atoms with van der Waals surface area (Å²) in [4.78, 5) is 11.8. The van der Waals surface area contributed by atoms with Gasteiger partial charge in [0.25, 0.3) is 0 Å². The summed E-state index contributed by atoms with van der Waals surface area (Å²) in [6.07, 6.45) is 3.11. The number of benzene rings is 1. The summed E-state index contributed by atoms with van der Waals surface area (Å²) >= 11 is 0. The van der Waals surface area contributed by atoms with Gasteiger partial charge in [-0.3, -0.25) is 9.52 Å². The van der Waals surface area contributed by atoms with Crippen molar-refractivity contribution in [2.75, 3.05) is 17.0 Å². The Balaban J connectivity index is 1.51. The van der Waals surface area contributed by atoms with Crippen molar-refractivity contribution >= 4 is 27.1 Å². The quantitative estimate of drug-likeness (QED) is 0.655. The van der Waals surface area contributed by atoms with E-state index in [-0.39, 0.29) is 24.3 Å². The number of aromatic nitrogens is 2. The van der Waals surface area contributed by atoms with Crippen molar-refractivity contribution in [3.8, 4) is 0 Å². The van der Waals surface area contributed by atoms with Crippen molar-refractivity contribution in [2.45, 2.75) is 6.42 Å². The third-order valence-electron chi connectivity index (χ3n) is 3.67. The van der Waals surface area contributed by atoms with Crippen LogP contribution >= 0.6 is 0 Å². The topological polar surface area (TPSA) is 92.6 Å². The number of nitrogens with one attached hydrogen (secondary N) is 2. The molecule has 0 radical (unpaired) electrons. The smallest absolute Gasteiger partial charge is 0.234 e. The fourth-order valence-corrected chi connectivity index (χ4v) is 3.38. The first-order valence-corrected chi connectivity index (χ1v) is 9.52. The summed E-state index contributed by atoms with van der Waals surface area (Å²) in [6, 6.07) is 11.0. The second kappa shape index (κ2) is 7.52. The number of carbonyl (C=O) groups is 1. The summed E-state index contributed by atoms with van der Waals surface area (Å²) in [7, 11) is -3.63. The molecule has 2 heterocycles. The lowest BCUT2D eigenvalue weighted by atomic mass is 10.1. The zero-order valence-electron chi connectivity index (χ0n) is 13.7. The maximum absolute atomic E-state index is 13.5. The number of halogens is 1. The van der Waals surface area contributed by atoms with Crippen LogP contribution in [0, 0.1) is 5.82 Å². The maximum Gasteiger partial charge on any atom is 0.234 e. The zero-order chi connectivity index (χ0) is 18.6. The van der Waals surface area contributed by atoms with Gasteiger partial charge < -0.3 is 5.32 Å². The fraction of sp³-hybridized carbons (Fsp3) is 0.176. The van der Waals surface area contributed by atoms with Gasteiger partial charge in [0.2, 0.25) is 15.9 Å². The number of anilines is 1. The van der Waals surface area contributed by atoms with Crippen LogP contribution in [0.3, 0.4) is 0 Å². The lowest BCUT2D eigenvalue weighted by Gasteiger charge is -2.09. The number of sulfonamides is 1. The molecule has 2 N–H and O–H groups in total. The van der Waals surface area contributed by atoms with Gasteiger partial charge in [0.05, 0.1) is 23.4 Å². The molecular formula is C17H17FN4O3S. The van der Waals surface area contributed by atoms with Crippen LogP contribution in [0.2, 0.25) is 0 Å². The molecule has 1 aromatic carbocycles. The second-order valence-electron chi connectivity index (χ2n) is 5.66. The standard InChI is InChI=1S/C17H17FN4O3S/c18-16-4-2-1-3-13(16)11-17(23)19-8-10-26(24,25)21-14-6-9-22-15(12-14)5-7-20-22/h1-7,9,12,21H,8,10-11H2,(H,19,23). The van der Waals surface area contributed by atoms with E-state index in [4.69, 9.17) is 0 Å². The molecule has 136 valence electrons. The van der Waals surface area contributed by atoms with Gasteiger partial charge >= 0.3 is 0 Å². The highest BCUT2D eigenvalue weighted by molar-refractivity contribution is 7.92. The van der Waals surface area contributed by atoms with E-state index < -0.39 is 21.7 Å². The van der Waals surface area contributed by atoms with Crippen LogP contribution in [0.5, 0.6) is 0 Å². The van der Waals surface area contributed by atoms with E-state index in [2.05, 4.69) is 15.1 Å². The Bertz CT molecular complexity index is 1030. The zero-order valence-corrected chi connectivity index (χ0v) is 14.5. The second-order valence-corrected chi connectivity index (χ2v) is 7.50. The van der Waals surface area contributed by atoms with Gasteiger partial charge in [-0.2, -0.15) is 5.10 Å². The summed E-state index contributed by atoms with van der Waals surface area (Å²) in [5.74, 6) is -1.20. The van der Waals surface area contributed by atoms with Crippen molar-refractivity contribution < 1.29 is 17.6 Å². The van der Waals surface area contributed by atoms with Gasteiger partial charge in [0.15, 0.2) is 0 Å². The predicted molar refractivity (Wildman–Crippen MR) is 95.7 cm³/mol. The number of amides is 1. The maximum atomic E-state index is 13.5. The average molecular weight is 376 g/mol. The molecule has 0 unspecified atom stereocenters. The number of hydrogen-bond acceptors (Lipinski definition) is 4. The van der Waals surface area contributed by atoms with Gasteiger partial charge in [-0.1, -0.05) is 18.2 Å². The van der Waals surface area contributed by atoms with Crippen LogP contribution in [-0.2, 0) is 21.2 Å². The number of carbonyl (C=O) groups excluding carboxylic acids is 1. The predicted octanol–water partition coefficient (Wildman–Crippen LogP) is 1.57. The molecule has 0 aliphatic carbocycles. The third-order valence-corrected chi connectivity index (χ3v) is 4.96. The summed E-state index contributed by atoms with van der Waals surface area (Å²) in [5.41, 5.74) is 1.43. The SMILES string of the molecule is O=C(Cc1ccccc1F)NCCS(=O)(=O)Nc1ccn2nccc2c1. The van der Waals surface area contributed by atoms with Crippen LogP contribution in [-0.4, -0.2) is 36.2 Å². The van der Waals surface area contributed by atoms with E-state index in [1.165, 1.54) is 18.2 Å². The van der Waals surface area contributed by atoms with E-state index in [0.29, 0.717) is 5.69 Å². The Labute approximate surface area is 149 Å². The van der Waals surface area contributed by atoms with E-state index in [9.17, 15) is 17.6 Å². The van der Waals surface area contributed by atoms with Gasteiger partial charge in [0, 0.05) is 18.9 Å². The molecule has 1 amide bonds. The Morgan fingerprint density at radius 2 is 2.00 bits per heavy atom. The van der Waals surface area contributed by atoms with Crippen molar-refractivity contribution in [3.05, 3.63) is 66.2 Å². The lowest BCUT2D eigenvalue weighted by Crippen LogP contribution is -2.32. The number of nitrogens with zero attached hydrogens (tertiary/aromatic N) is 2. The molecule has 7 nitrogen and oxygen atoms in total. The van der Waals surface area contributed by atoms with Gasteiger partial charge in [0.1, 0.15) is 5.82 Å². The summed E-state index contributed by atoms with van der Waals surface area (Å²) in [6.45, 7) is -0.0719. The number of pyridine rings is 1. The Morgan fingerprint density at radius 3 is 2.81 bits per heavy atom. The highest BCUT2D eigenvalue weighted by Gasteiger charge is 2.13. The van der Waals surface area contributed by atoms with E-state index in [1.54, 1.807) is 41.2 Å². The molecule has 0 bridgehead atoms. The van der Waals surface area contributed by atoms with Crippen LogP contribution in [0.25, 0.3) is 5.52 Å². The normalized spacial score (nSPS) is 11.4. The number of fused-ring (bicyclic) bond motifs is 1. The van der Waals surface area contributed by atoms with E-state index in [0.717, 1.165) is 5.52 Å². The molecule has 9 heteroatoms. The Morgan fingerprint density at radius 1 is 1.19 bits per heavy atom. The minimum absolute atomic E-state index is 0.0719. The molecule has 0 aliphatic rings. The third kappa shape index (κ3) is 4.57. The molecule has 2 aromatic heterocycles. The van der Waals surface area contributed by atoms with Gasteiger partial charge in [-0.15, -0.1) is 0 Å². The average Bonchev–Trinajstić information content (AvgIpc) is 3.04. The fourth-order valence-electron chi connectivity index (χ4n) is 2.42. The molecule has 0 aliphatic heterocycles. The van der Waals surface area contributed by atoms with Gasteiger partial charge in [-0.25, -0.2) is 17.3 Å². The molecule has 26 heavy (non-hydrogen) atoms. The van der Waals surface area contributed by atoms with Crippen molar-refractivity contribution in [3.63, 3.8) is 0 Å². The first kappa shape index (κ1) is 17.9. The van der Waals surface area contributed by atoms with Crippen LogP contribution in [0.4, 0.5) is 10.1 Å². The number of hydrogen-bond donors (Lipinski definition) is 2. The molecule has 0 saturated heterocycles. The summed E-state index contributed by atoms with van der Waals surface area (Å²) < 4.78 is 41.8. The minimum atomic E-state index is -3.63. The van der Waals surface area contributed by atoms with E-state index >= 15 is 0 Å². The highest BCUT2D eigenvalue weighted by atomic mass is 32.2. The molecule has 0 atom stereocenters. The van der Waals surface area contributed by atoms with Crippen LogP contribution < -0.4 is 10.0 Å². The molecular weight excluding hydrogens is 359 g/mol. The summed E-state index contributed by atoms with van der Waals surface area (Å²) in [5, 5.41) is 6.52. The number of rotatable bonds is 7. The highest BCUT2D eigenvalue weighted by Crippen LogP contribution is 2.13. The van der Waals surface area contributed by atoms with Crippen molar-refractivity contribution in [2.24, 2.45) is 0 Å². The largest absolute Gasteiger partial charge is 0.355 e. The molecule has 3 rings (SSSR count). The molecule has 0 saturated carbocycles. The minimum Gasteiger partial charge on any atom is -0.355 e. The van der Waals surface area contributed by atoms with Crippen molar-refractivity contribution in [1.82, 2.24) is 14.9 Å². The van der Waals surface area contributed by atoms with Gasteiger partial charge in [-0.05, 0) is 29.8 Å². The lowest BCUT2D eigenvalue weighted by molar-refractivity contribution is -0.120. The molecule has 0 spiro atoms. The first-order chi connectivity index (χ1) is 12.4. The first-order valence-electron chi connectivity index (χ1n) is 7.87. The van der Waals surface area contributed by atoms with Crippen LogP contribution in [0.1, 0.15) is 5.56 Å². The molecule has 3 aromatic rings. The Hall–Kier alpha value is -2.94. The molecule has 0 fully saturated rings. The monoisotopic (exact) mass is 376 g/mol.